The third kappa shape index (κ3) is 4.01. The molecule has 0 aliphatic carbocycles. The van der Waals surface area contributed by atoms with E-state index in [4.69, 9.17) is 5.11 Å². The van der Waals surface area contributed by atoms with E-state index in [9.17, 15) is 8.42 Å². The predicted molar refractivity (Wildman–Crippen MR) is 63.7 cm³/mol. The van der Waals surface area contributed by atoms with Crippen molar-refractivity contribution in [2.45, 2.75) is 19.8 Å². The second kappa shape index (κ2) is 6.54. The summed E-state index contributed by atoms with van der Waals surface area (Å²) < 4.78 is 25.4. The van der Waals surface area contributed by atoms with Crippen molar-refractivity contribution in [3.8, 4) is 0 Å². The molecule has 1 fully saturated rings. The van der Waals surface area contributed by atoms with Crippen LogP contribution < -0.4 is 5.32 Å². The Hall–Kier alpha value is -0.170. The molecule has 0 amide bonds. The van der Waals surface area contributed by atoms with Crippen LogP contribution in [0.1, 0.15) is 19.8 Å². The molecule has 0 radical (unpaired) electrons. The normalized spacial score (nSPS) is 23.5. The third-order valence-corrected chi connectivity index (χ3v) is 4.76. The number of sulfonamides is 1. The Morgan fingerprint density at radius 1 is 1.50 bits per heavy atom. The molecule has 1 aliphatic heterocycles. The first-order valence-corrected chi connectivity index (χ1v) is 7.50. The molecule has 0 aromatic carbocycles. The summed E-state index contributed by atoms with van der Waals surface area (Å²) in [7, 11) is -3.14. The van der Waals surface area contributed by atoms with Crippen LogP contribution in [-0.2, 0) is 10.0 Å². The highest BCUT2D eigenvalue weighted by Gasteiger charge is 2.27. The minimum Gasteiger partial charge on any atom is -0.396 e. The molecule has 96 valence electrons. The molecule has 6 heteroatoms. The summed E-state index contributed by atoms with van der Waals surface area (Å²) in [6.45, 7) is 4.40. The van der Waals surface area contributed by atoms with Crippen LogP contribution in [-0.4, -0.2) is 56.4 Å². The van der Waals surface area contributed by atoms with Crippen LogP contribution in [0.3, 0.4) is 0 Å². The first kappa shape index (κ1) is 13.9. The zero-order valence-corrected chi connectivity index (χ0v) is 10.7. The molecule has 0 saturated carbocycles. The van der Waals surface area contributed by atoms with Gasteiger partial charge in [-0.05, 0) is 25.3 Å². The molecule has 16 heavy (non-hydrogen) atoms. The molecule has 0 aromatic heterocycles. The second-order valence-electron chi connectivity index (χ2n) is 4.22. The van der Waals surface area contributed by atoms with Crippen molar-refractivity contribution in [1.29, 1.82) is 0 Å². The largest absolute Gasteiger partial charge is 0.396 e. The zero-order valence-electron chi connectivity index (χ0n) is 9.85. The van der Waals surface area contributed by atoms with E-state index >= 15 is 0 Å². The average Bonchev–Trinajstić information content (AvgIpc) is 2.29. The number of aliphatic hydroxyl groups is 1. The Morgan fingerprint density at radius 2 is 2.25 bits per heavy atom. The van der Waals surface area contributed by atoms with E-state index in [1.54, 1.807) is 0 Å². The molecule has 1 heterocycles. The minimum atomic E-state index is -3.14. The predicted octanol–water partition coefficient (Wildman–Crippen LogP) is -0.370. The van der Waals surface area contributed by atoms with Crippen molar-refractivity contribution < 1.29 is 13.5 Å². The first-order chi connectivity index (χ1) is 7.60. The first-order valence-electron chi connectivity index (χ1n) is 5.89. The standard InChI is InChI=1S/C10H22N2O3S/c1-2-11-5-7-16(14,15)12-6-3-4-10(8-12)9-13/h10-11,13H,2-9H2,1H3. The van der Waals surface area contributed by atoms with Gasteiger partial charge >= 0.3 is 0 Å². The van der Waals surface area contributed by atoms with E-state index in [1.807, 2.05) is 6.92 Å². The molecular formula is C10H22N2O3S. The van der Waals surface area contributed by atoms with Gasteiger partial charge < -0.3 is 10.4 Å². The third-order valence-electron chi connectivity index (χ3n) is 2.92. The number of rotatable bonds is 6. The summed E-state index contributed by atoms with van der Waals surface area (Å²) in [5.41, 5.74) is 0. The van der Waals surface area contributed by atoms with Crippen LogP contribution in [0.15, 0.2) is 0 Å². The van der Waals surface area contributed by atoms with Gasteiger partial charge in [0.1, 0.15) is 0 Å². The summed E-state index contributed by atoms with van der Waals surface area (Å²) in [5, 5.41) is 12.1. The summed E-state index contributed by atoms with van der Waals surface area (Å²) in [5.74, 6) is 0.265. The van der Waals surface area contributed by atoms with E-state index in [1.165, 1.54) is 4.31 Å². The molecule has 5 nitrogen and oxygen atoms in total. The summed E-state index contributed by atoms with van der Waals surface area (Å²) in [6.07, 6.45) is 1.78. The van der Waals surface area contributed by atoms with Gasteiger partial charge in [-0.3, -0.25) is 0 Å². The second-order valence-corrected chi connectivity index (χ2v) is 6.31. The van der Waals surface area contributed by atoms with E-state index < -0.39 is 10.0 Å². The molecule has 0 bridgehead atoms. The van der Waals surface area contributed by atoms with E-state index in [0.717, 1.165) is 19.4 Å². The number of aliphatic hydroxyl groups excluding tert-OH is 1. The SMILES string of the molecule is CCNCCS(=O)(=O)N1CCCC(CO)C1. The van der Waals surface area contributed by atoms with Crippen LogP contribution >= 0.6 is 0 Å². The maximum absolute atomic E-state index is 11.9. The van der Waals surface area contributed by atoms with Crippen molar-refractivity contribution in [3.05, 3.63) is 0 Å². The van der Waals surface area contributed by atoms with Crippen LogP contribution in [0, 0.1) is 5.92 Å². The monoisotopic (exact) mass is 250 g/mol. The van der Waals surface area contributed by atoms with Crippen LogP contribution in [0.25, 0.3) is 0 Å². The Balaban J connectivity index is 2.47. The zero-order chi connectivity index (χ0) is 12.0. The topological polar surface area (TPSA) is 69.6 Å². The number of hydrogen-bond acceptors (Lipinski definition) is 4. The number of nitrogens with zero attached hydrogens (tertiary/aromatic N) is 1. The quantitative estimate of drug-likeness (QED) is 0.631. The molecule has 1 unspecified atom stereocenters. The number of piperidine rings is 1. The lowest BCUT2D eigenvalue weighted by molar-refractivity contribution is 0.165. The smallest absolute Gasteiger partial charge is 0.215 e. The van der Waals surface area contributed by atoms with Crippen molar-refractivity contribution in [2.24, 2.45) is 5.92 Å². The molecule has 1 aliphatic rings. The average molecular weight is 250 g/mol. The van der Waals surface area contributed by atoms with Crippen LogP contribution in [0.4, 0.5) is 0 Å². The van der Waals surface area contributed by atoms with Gasteiger partial charge in [0.25, 0.3) is 0 Å². The Bertz CT molecular complexity index is 292. The van der Waals surface area contributed by atoms with Crippen molar-refractivity contribution in [2.75, 3.05) is 38.5 Å². The van der Waals surface area contributed by atoms with Gasteiger partial charge in [-0.15, -0.1) is 0 Å². The molecule has 1 rings (SSSR count). The summed E-state index contributed by atoms with van der Waals surface area (Å²) in [6, 6.07) is 0. The van der Waals surface area contributed by atoms with Crippen LogP contribution in [0.2, 0.25) is 0 Å². The van der Waals surface area contributed by atoms with Gasteiger partial charge in [-0.25, -0.2) is 12.7 Å². The van der Waals surface area contributed by atoms with Crippen molar-refractivity contribution >= 4 is 10.0 Å². The van der Waals surface area contributed by atoms with Crippen molar-refractivity contribution in [1.82, 2.24) is 9.62 Å². The maximum Gasteiger partial charge on any atom is 0.215 e. The molecular weight excluding hydrogens is 228 g/mol. The Kier molecular flexibility index (Phi) is 5.68. The fraction of sp³-hybridized carbons (Fsp3) is 1.00. The number of nitrogens with one attached hydrogen (secondary N) is 1. The van der Waals surface area contributed by atoms with Crippen LogP contribution in [0.5, 0.6) is 0 Å². The Morgan fingerprint density at radius 3 is 2.88 bits per heavy atom. The van der Waals surface area contributed by atoms with Crippen molar-refractivity contribution in [3.63, 3.8) is 0 Å². The number of hydrogen-bond donors (Lipinski definition) is 2. The fourth-order valence-electron chi connectivity index (χ4n) is 1.94. The molecule has 1 atom stereocenters. The molecule has 1 saturated heterocycles. The molecule has 2 N–H and O–H groups in total. The highest BCUT2D eigenvalue weighted by molar-refractivity contribution is 7.89. The van der Waals surface area contributed by atoms with E-state index in [0.29, 0.717) is 19.6 Å². The lowest BCUT2D eigenvalue weighted by Crippen LogP contribution is -2.43. The summed E-state index contributed by atoms with van der Waals surface area (Å²) in [4.78, 5) is 0. The van der Waals surface area contributed by atoms with Gasteiger partial charge in [-0.1, -0.05) is 6.92 Å². The van der Waals surface area contributed by atoms with E-state index in [2.05, 4.69) is 5.32 Å². The van der Waals surface area contributed by atoms with Gasteiger partial charge in [0.2, 0.25) is 10.0 Å². The molecule has 0 spiro atoms. The van der Waals surface area contributed by atoms with Gasteiger partial charge in [0, 0.05) is 26.2 Å². The minimum absolute atomic E-state index is 0.0826. The lowest BCUT2D eigenvalue weighted by atomic mass is 10.0. The van der Waals surface area contributed by atoms with Gasteiger partial charge in [0.05, 0.1) is 5.75 Å². The highest BCUT2D eigenvalue weighted by atomic mass is 32.2. The van der Waals surface area contributed by atoms with Gasteiger partial charge in [0.15, 0.2) is 0 Å². The fourth-order valence-corrected chi connectivity index (χ4v) is 3.44. The highest BCUT2D eigenvalue weighted by Crippen LogP contribution is 2.18. The van der Waals surface area contributed by atoms with Gasteiger partial charge in [-0.2, -0.15) is 0 Å². The molecule has 0 aromatic rings. The summed E-state index contributed by atoms with van der Waals surface area (Å²) >= 11 is 0. The Labute approximate surface area is 97.9 Å². The maximum atomic E-state index is 11.9. The lowest BCUT2D eigenvalue weighted by Gasteiger charge is -2.30. The van der Waals surface area contributed by atoms with E-state index in [-0.39, 0.29) is 18.3 Å².